The molecule has 1 saturated carbocycles. The Morgan fingerprint density at radius 1 is 0.828 bits per heavy atom. The van der Waals surface area contributed by atoms with E-state index in [0.29, 0.717) is 5.92 Å². The summed E-state index contributed by atoms with van der Waals surface area (Å²) in [5.41, 5.74) is 4.74. The second-order valence-corrected chi connectivity index (χ2v) is 8.53. The van der Waals surface area contributed by atoms with Crippen LogP contribution in [-0.4, -0.2) is 9.97 Å². The van der Waals surface area contributed by atoms with Gasteiger partial charge in [-0.15, -0.1) is 0 Å². The number of fused-ring (bicyclic) bond motifs is 2. The molecule has 5 rings (SSSR count). The predicted molar refractivity (Wildman–Crippen MR) is 122 cm³/mol. The number of hydrogen-bond donors (Lipinski definition) is 0. The Balaban J connectivity index is 1.56. The summed E-state index contributed by atoms with van der Waals surface area (Å²) < 4.78 is 0. The highest BCUT2D eigenvalue weighted by Gasteiger charge is 2.22. The molecule has 1 aromatic heterocycles. The molecular formula is C27H28N2. The molecule has 1 heterocycles. The minimum atomic E-state index is 0.674. The third-order valence-electron chi connectivity index (χ3n) is 6.72. The van der Waals surface area contributed by atoms with Crippen LogP contribution in [-0.2, 0) is 0 Å². The van der Waals surface area contributed by atoms with Crippen LogP contribution in [0, 0.1) is 5.92 Å². The van der Waals surface area contributed by atoms with Crippen LogP contribution in [0.4, 0.5) is 0 Å². The van der Waals surface area contributed by atoms with Crippen LogP contribution >= 0.6 is 0 Å². The average molecular weight is 381 g/mol. The van der Waals surface area contributed by atoms with Gasteiger partial charge in [-0.2, -0.15) is 0 Å². The fourth-order valence-electron chi connectivity index (χ4n) is 5.17. The normalized spacial score (nSPS) is 19.6. The third kappa shape index (κ3) is 3.53. The van der Waals surface area contributed by atoms with E-state index in [9.17, 15) is 0 Å². The summed E-state index contributed by atoms with van der Waals surface area (Å²) in [7, 11) is 0. The van der Waals surface area contributed by atoms with Crippen LogP contribution in [0.25, 0.3) is 32.9 Å². The number of hydrogen-bond acceptors (Lipinski definition) is 2. The van der Waals surface area contributed by atoms with E-state index < -0.39 is 0 Å². The molecule has 0 amide bonds. The predicted octanol–water partition coefficient (Wildman–Crippen LogP) is 7.52. The Kier molecular flexibility index (Phi) is 5.01. The van der Waals surface area contributed by atoms with E-state index in [1.807, 2.05) is 0 Å². The maximum Gasteiger partial charge on any atom is 0.116 e. The first-order valence-electron chi connectivity index (χ1n) is 11.1. The van der Waals surface area contributed by atoms with Gasteiger partial charge in [0.2, 0.25) is 0 Å². The van der Waals surface area contributed by atoms with E-state index in [1.54, 1.807) is 6.33 Å². The average Bonchev–Trinajstić information content (AvgIpc) is 2.79. The Morgan fingerprint density at radius 2 is 1.66 bits per heavy atom. The van der Waals surface area contributed by atoms with Gasteiger partial charge >= 0.3 is 0 Å². The lowest BCUT2D eigenvalue weighted by atomic mass is 9.77. The highest BCUT2D eigenvalue weighted by Crippen LogP contribution is 2.39. The van der Waals surface area contributed by atoms with Crippen molar-refractivity contribution < 1.29 is 0 Å². The highest BCUT2D eigenvalue weighted by atomic mass is 14.8. The maximum atomic E-state index is 4.74. The van der Waals surface area contributed by atoms with Crippen LogP contribution in [0.3, 0.4) is 0 Å². The molecule has 0 aliphatic heterocycles. The summed E-state index contributed by atoms with van der Waals surface area (Å²) in [6.45, 7) is 2.31. The third-order valence-corrected chi connectivity index (χ3v) is 6.72. The van der Waals surface area contributed by atoms with Gasteiger partial charge in [-0.05, 0) is 66.0 Å². The zero-order valence-electron chi connectivity index (χ0n) is 17.1. The van der Waals surface area contributed by atoms with Crippen LogP contribution in [0.2, 0.25) is 0 Å². The van der Waals surface area contributed by atoms with Gasteiger partial charge in [-0.3, -0.25) is 0 Å². The fraction of sp³-hybridized carbons (Fsp3) is 0.333. The van der Waals surface area contributed by atoms with E-state index in [0.717, 1.165) is 17.1 Å². The Hall–Kier alpha value is -2.74. The zero-order chi connectivity index (χ0) is 19.6. The summed E-state index contributed by atoms with van der Waals surface area (Å²) >= 11 is 0. The van der Waals surface area contributed by atoms with E-state index >= 15 is 0 Å². The Morgan fingerprint density at radius 3 is 2.52 bits per heavy atom. The number of nitrogens with zero attached hydrogens (tertiary/aromatic N) is 2. The van der Waals surface area contributed by atoms with Gasteiger partial charge in [0.25, 0.3) is 0 Å². The molecule has 146 valence electrons. The standard InChI is InChI=1S/C27H28N2/c1-2-6-19-11-13-20(14-12-19)22-15-16-26-25(17-22)27(29-18-28-26)24-10-5-8-21-7-3-4-9-23(21)24/h3-5,7-10,15-20H,2,6,11-14H2,1H3. The first-order valence-corrected chi connectivity index (χ1v) is 11.1. The second-order valence-electron chi connectivity index (χ2n) is 8.53. The van der Waals surface area contributed by atoms with Crippen molar-refractivity contribution in [2.45, 2.75) is 51.4 Å². The molecule has 0 unspecified atom stereocenters. The van der Waals surface area contributed by atoms with Crippen molar-refractivity contribution in [3.63, 3.8) is 0 Å². The highest BCUT2D eigenvalue weighted by molar-refractivity contribution is 6.03. The van der Waals surface area contributed by atoms with Crippen molar-refractivity contribution in [1.29, 1.82) is 0 Å². The number of benzene rings is 3. The molecule has 2 nitrogen and oxygen atoms in total. The topological polar surface area (TPSA) is 25.8 Å². The van der Waals surface area contributed by atoms with Crippen LogP contribution < -0.4 is 0 Å². The SMILES string of the molecule is CCCC1CCC(c2ccc3ncnc(-c4cccc5ccccc45)c3c2)CC1. The molecule has 1 aliphatic rings. The first-order chi connectivity index (χ1) is 14.3. The zero-order valence-corrected chi connectivity index (χ0v) is 17.1. The van der Waals surface area contributed by atoms with Crippen molar-refractivity contribution in [2.75, 3.05) is 0 Å². The van der Waals surface area contributed by atoms with Crippen molar-refractivity contribution in [3.05, 3.63) is 72.6 Å². The molecule has 0 saturated heterocycles. The summed E-state index contributed by atoms with van der Waals surface area (Å²) in [5.74, 6) is 1.61. The van der Waals surface area contributed by atoms with Gasteiger partial charge in [-0.1, -0.05) is 68.3 Å². The molecule has 2 heteroatoms. The first kappa shape index (κ1) is 18.3. The molecule has 0 radical (unpaired) electrons. The lowest BCUT2D eigenvalue weighted by Gasteiger charge is -2.28. The Bertz CT molecular complexity index is 1130. The quantitative estimate of drug-likeness (QED) is 0.366. The smallest absolute Gasteiger partial charge is 0.116 e. The van der Waals surface area contributed by atoms with E-state index in [-0.39, 0.29) is 0 Å². The van der Waals surface area contributed by atoms with Crippen molar-refractivity contribution in [1.82, 2.24) is 9.97 Å². The van der Waals surface area contributed by atoms with Crippen molar-refractivity contribution in [2.24, 2.45) is 5.92 Å². The van der Waals surface area contributed by atoms with E-state index in [1.165, 1.54) is 65.8 Å². The molecule has 1 fully saturated rings. The fourth-order valence-corrected chi connectivity index (χ4v) is 5.17. The maximum absolute atomic E-state index is 4.74. The summed E-state index contributed by atoms with van der Waals surface area (Å²) in [5, 5.41) is 3.68. The molecule has 0 N–H and O–H groups in total. The largest absolute Gasteiger partial charge is 0.236 e. The molecule has 0 spiro atoms. The van der Waals surface area contributed by atoms with Gasteiger partial charge in [0.1, 0.15) is 6.33 Å². The lowest BCUT2D eigenvalue weighted by Crippen LogP contribution is -2.13. The monoisotopic (exact) mass is 380 g/mol. The minimum absolute atomic E-state index is 0.674. The second kappa shape index (κ2) is 7.94. The summed E-state index contributed by atoms with van der Waals surface area (Å²) in [6.07, 6.45) is 9.78. The van der Waals surface area contributed by atoms with E-state index in [2.05, 4.69) is 72.6 Å². The molecule has 0 bridgehead atoms. The Labute approximate surface area is 173 Å². The number of rotatable bonds is 4. The van der Waals surface area contributed by atoms with E-state index in [4.69, 9.17) is 4.98 Å². The molecule has 29 heavy (non-hydrogen) atoms. The van der Waals surface area contributed by atoms with Gasteiger partial charge in [0.05, 0.1) is 11.2 Å². The van der Waals surface area contributed by atoms with Crippen LogP contribution in [0.5, 0.6) is 0 Å². The molecule has 0 atom stereocenters. The molecule has 3 aromatic carbocycles. The van der Waals surface area contributed by atoms with Gasteiger partial charge in [0, 0.05) is 10.9 Å². The molecular weight excluding hydrogens is 352 g/mol. The van der Waals surface area contributed by atoms with Gasteiger partial charge in [-0.25, -0.2) is 9.97 Å². The van der Waals surface area contributed by atoms with Crippen molar-refractivity contribution in [3.8, 4) is 11.3 Å². The van der Waals surface area contributed by atoms with Crippen LogP contribution in [0.1, 0.15) is 56.9 Å². The van der Waals surface area contributed by atoms with Crippen molar-refractivity contribution >= 4 is 21.7 Å². The minimum Gasteiger partial charge on any atom is -0.236 e. The lowest BCUT2D eigenvalue weighted by molar-refractivity contribution is 0.308. The molecule has 1 aliphatic carbocycles. The number of aromatic nitrogens is 2. The molecule has 4 aromatic rings. The summed E-state index contributed by atoms with van der Waals surface area (Å²) in [4.78, 5) is 9.30. The van der Waals surface area contributed by atoms with Crippen LogP contribution in [0.15, 0.2) is 67.0 Å². The summed E-state index contributed by atoms with van der Waals surface area (Å²) in [6, 6.07) is 21.9. The van der Waals surface area contributed by atoms with Gasteiger partial charge in [0.15, 0.2) is 0 Å². The van der Waals surface area contributed by atoms with Gasteiger partial charge < -0.3 is 0 Å².